The van der Waals surface area contributed by atoms with Gasteiger partial charge in [-0.1, -0.05) is 41.9 Å². The molecule has 3 aromatic rings. The number of primary amides is 1. The van der Waals surface area contributed by atoms with Crippen LogP contribution in [0.25, 0.3) is 11.1 Å². The van der Waals surface area contributed by atoms with Gasteiger partial charge in [0.25, 0.3) is 0 Å². The monoisotopic (exact) mass is 540 g/mol. The number of methoxy groups -OCH3 is 2. The molecule has 0 bridgehead atoms. The number of halogens is 2. The molecule has 7 nitrogen and oxygen atoms in total. The third kappa shape index (κ3) is 4.76. The Kier molecular flexibility index (Phi) is 7.30. The van der Waals surface area contributed by atoms with Crippen LogP contribution in [-0.4, -0.2) is 43.2 Å². The molecule has 1 atom stereocenters. The Balaban J connectivity index is 1.96. The van der Waals surface area contributed by atoms with Crippen molar-refractivity contribution in [2.24, 2.45) is 5.73 Å². The normalized spacial score (nSPS) is 16.4. The van der Waals surface area contributed by atoms with Gasteiger partial charge in [0.1, 0.15) is 5.75 Å². The molecule has 0 spiro atoms. The third-order valence-corrected chi connectivity index (χ3v) is 7.06. The van der Waals surface area contributed by atoms with Gasteiger partial charge < -0.3 is 19.9 Å². The van der Waals surface area contributed by atoms with Gasteiger partial charge in [0.15, 0.2) is 17.2 Å². The number of carbonyl (C=O) groups is 2. The molecule has 4 rings (SSSR count). The molecular formula is C29H30ClFN2O5. The van der Waals surface area contributed by atoms with Gasteiger partial charge in [-0.15, -0.1) is 0 Å². The maximum Gasteiger partial charge on any atom is 0.410 e. The van der Waals surface area contributed by atoms with E-state index in [2.05, 4.69) is 0 Å². The van der Waals surface area contributed by atoms with Gasteiger partial charge in [0.05, 0.1) is 26.3 Å². The van der Waals surface area contributed by atoms with Crippen LogP contribution >= 0.6 is 11.6 Å². The molecule has 0 aromatic heterocycles. The Morgan fingerprint density at radius 3 is 2.34 bits per heavy atom. The molecular weight excluding hydrogens is 511 g/mol. The lowest BCUT2D eigenvalue weighted by Crippen LogP contribution is -2.54. The zero-order chi connectivity index (χ0) is 27.8. The molecule has 0 aliphatic carbocycles. The van der Waals surface area contributed by atoms with Crippen molar-refractivity contribution in [2.45, 2.75) is 38.3 Å². The summed E-state index contributed by atoms with van der Waals surface area (Å²) < 4.78 is 32.7. The first-order valence-corrected chi connectivity index (χ1v) is 12.4. The molecule has 1 aliphatic heterocycles. The van der Waals surface area contributed by atoms with Gasteiger partial charge in [0, 0.05) is 33.7 Å². The van der Waals surface area contributed by atoms with Crippen molar-refractivity contribution in [3.63, 3.8) is 0 Å². The Morgan fingerprint density at radius 2 is 1.76 bits per heavy atom. The van der Waals surface area contributed by atoms with Gasteiger partial charge in [-0.3, -0.25) is 9.69 Å². The zero-order valence-electron chi connectivity index (χ0n) is 21.9. The molecule has 0 saturated carbocycles. The van der Waals surface area contributed by atoms with Crippen LogP contribution in [0.5, 0.6) is 11.5 Å². The summed E-state index contributed by atoms with van der Waals surface area (Å²) in [4.78, 5) is 26.8. The van der Waals surface area contributed by atoms with E-state index in [9.17, 15) is 9.59 Å². The van der Waals surface area contributed by atoms with E-state index in [-0.39, 0.29) is 40.4 Å². The lowest BCUT2D eigenvalue weighted by Gasteiger charge is -2.41. The Bertz CT molecular complexity index is 1390. The number of hydrogen-bond donors (Lipinski definition) is 1. The maximum atomic E-state index is 15.8. The SMILES string of the molecule is COC(=O)N(CC1(c2ccccc2)Cc2c(ccc(Cl)c2-c2c(C(N)=O)ccc(OC)c2F)O1)C(C)(C)C. The summed E-state index contributed by atoms with van der Waals surface area (Å²) in [5, 5.41) is 0.214. The van der Waals surface area contributed by atoms with Crippen LogP contribution in [0, 0.1) is 5.82 Å². The summed E-state index contributed by atoms with van der Waals surface area (Å²) in [6.45, 7) is 5.83. The van der Waals surface area contributed by atoms with Crippen LogP contribution in [0.4, 0.5) is 9.18 Å². The molecule has 9 heteroatoms. The number of benzene rings is 3. The number of nitrogens with two attached hydrogens (primary N) is 1. The van der Waals surface area contributed by atoms with Crippen LogP contribution < -0.4 is 15.2 Å². The molecule has 1 heterocycles. The molecule has 0 fully saturated rings. The second-order valence-electron chi connectivity index (χ2n) is 10.1. The van der Waals surface area contributed by atoms with E-state index >= 15 is 4.39 Å². The highest BCUT2D eigenvalue weighted by Gasteiger charge is 2.47. The van der Waals surface area contributed by atoms with E-state index in [1.54, 1.807) is 17.0 Å². The van der Waals surface area contributed by atoms with E-state index in [0.29, 0.717) is 11.3 Å². The fourth-order valence-corrected chi connectivity index (χ4v) is 5.13. The highest BCUT2D eigenvalue weighted by molar-refractivity contribution is 6.34. The average Bonchev–Trinajstić information content (AvgIpc) is 3.26. The quantitative estimate of drug-likeness (QED) is 0.417. The van der Waals surface area contributed by atoms with E-state index in [0.717, 1.165) is 5.56 Å². The molecule has 2 N–H and O–H groups in total. The second-order valence-corrected chi connectivity index (χ2v) is 10.5. The summed E-state index contributed by atoms with van der Waals surface area (Å²) in [5.41, 5.74) is 5.53. The topological polar surface area (TPSA) is 91.1 Å². The molecule has 1 aliphatic rings. The number of amides is 2. The Labute approximate surface area is 226 Å². The average molecular weight is 541 g/mol. The van der Waals surface area contributed by atoms with E-state index in [4.69, 9.17) is 31.5 Å². The Morgan fingerprint density at radius 1 is 1.08 bits per heavy atom. The summed E-state index contributed by atoms with van der Waals surface area (Å²) in [6, 6.07) is 15.5. The van der Waals surface area contributed by atoms with Gasteiger partial charge in [0.2, 0.25) is 5.91 Å². The minimum absolute atomic E-state index is 0.0401. The standard InChI is InChI=1S/C29H30ClFN2O5/c1-28(2,3)33(27(35)37-5)16-29(17-9-7-6-8-10-17)15-19-21(38-29)14-12-20(30)23(19)24-18(26(32)34)11-13-22(36-4)25(24)31/h6-14H,15-16H2,1-5H3,(H2,32,34). The van der Waals surface area contributed by atoms with Gasteiger partial charge in [-0.05, 0) is 50.6 Å². The molecule has 3 aromatic carbocycles. The van der Waals surface area contributed by atoms with Crippen molar-refractivity contribution in [2.75, 3.05) is 20.8 Å². The van der Waals surface area contributed by atoms with Crippen molar-refractivity contribution in [3.8, 4) is 22.6 Å². The van der Waals surface area contributed by atoms with Gasteiger partial charge in [-0.2, -0.15) is 0 Å². The van der Waals surface area contributed by atoms with Gasteiger partial charge >= 0.3 is 6.09 Å². The van der Waals surface area contributed by atoms with Crippen molar-refractivity contribution in [3.05, 3.63) is 82.1 Å². The molecule has 38 heavy (non-hydrogen) atoms. The lowest BCUT2D eigenvalue weighted by atomic mass is 9.84. The fourth-order valence-electron chi connectivity index (χ4n) is 4.86. The highest BCUT2D eigenvalue weighted by atomic mass is 35.5. The van der Waals surface area contributed by atoms with E-state index in [1.807, 2.05) is 51.1 Å². The van der Waals surface area contributed by atoms with Crippen LogP contribution in [-0.2, 0) is 16.8 Å². The maximum absolute atomic E-state index is 15.8. The van der Waals surface area contributed by atoms with Crippen molar-refractivity contribution in [1.82, 2.24) is 4.90 Å². The van der Waals surface area contributed by atoms with Crippen LogP contribution in [0.2, 0.25) is 5.02 Å². The van der Waals surface area contributed by atoms with Crippen LogP contribution in [0.15, 0.2) is 54.6 Å². The molecule has 1 unspecified atom stereocenters. The number of rotatable bonds is 6. The predicted octanol–water partition coefficient (Wildman–Crippen LogP) is 5.95. The smallest absolute Gasteiger partial charge is 0.410 e. The summed E-state index contributed by atoms with van der Waals surface area (Å²) in [5.74, 6) is -1.18. The fraction of sp³-hybridized carbons (Fsp3) is 0.310. The number of hydrogen-bond acceptors (Lipinski definition) is 5. The Hall–Kier alpha value is -3.78. The first-order valence-electron chi connectivity index (χ1n) is 12.0. The second kappa shape index (κ2) is 10.2. The van der Waals surface area contributed by atoms with Crippen molar-refractivity contribution < 1.29 is 28.2 Å². The molecule has 0 radical (unpaired) electrons. The molecule has 0 saturated heterocycles. The molecule has 2 amide bonds. The van der Waals surface area contributed by atoms with Crippen LogP contribution in [0.1, 0.15) is 42.3 Å². The third-order valence-electron chi connectivity index (χ3n) is 6.75. The summed E-state index contributed by atoms with van der Waals surface area (Å²) in [7, 11) is 2.66. The number of carbonyl (C=O) groups excluding carboxylic acids is 2. The summed E-state index contributed by atoms with van der Waals surface area (Å²) in [6.07, 6.45) is -0.291. The van der Waals surface area contributed by atoms with E-state index < -0.39 is 29.0 Å². The summed E-state index contributed by atoms with van der Waals surface area (Å²) >= 11 is 6.68. The van der Waals surface area contributed by atoms with Crippen LogP contribution in [0.3, 0.4) is 0 Å². The highest BCUT2D eigenvalue weighted by Crippen LogP contribution is 2.50. The first kappa shape index (κ1) is 27.3. The lowest BCUT2D eigenvalue weighted by molar-refractivity contribution is 0.00842. The zero-order valence-corrected chi connectivity index (χ0v) is 22.7. The van der Waals surface area contributed by atoms with Crippen molar-refractivity contribution >= 4 is 23.6 Å². The predicted molar refractivity (Wildman–Crippen MR) is 143 cm³/mol. The first-order chi connectivity index (χ1) is 17.9. The minimum Gasteiger partial charge on any atom is -0.494 e. The molecule has 200 valence electrons. The number of nitrogens with zero attached hydrogens (tertiary/aromatic N) is 1. The number of ether oxygens (including phenoxy) is 3. The number of fused-ring (bicyclic) bond motifs is 1. The van der Waals surface area contributed by atoms with Crippen molar-refractivity contribution in [1.29, 1.82) is 0 Å². The largest absolute Gasteiger partial charge is 0.494 e. The van der Waals surface area contributed by atoms with Gasteiger partial charge in [-0.25, -0.2) is 9.18 Å². The minimum atomic E-state index is -1.06. The van der Waals surface area contributed by atoms with E-state index in [1.165, 1.54) is 26.4 Å².